The molecule has 16 heavy (non-hydrogen) atoms. The minimum Gasteiger partial charge on any atom is -0.326 e. The molecule has 2 rings (SSSR count). The zero-order valence-electron chi connectivity index (χ0n) is 8.43. The van der Waals surface area contributed by atoms with Crippen LogP contribution in [-0.4, -0.2) is 9.97 Å². The summed E-state index contributed by atoms with van der Waals surface area (Å²) in [6.07, 6.45) is 5.01. The lowest BCUT2D eigenvalue weighted by Gasteiger charge is -2.04. The molecule has 0 fully saturated rings. The maximum atomic E-state index is 6.13. The summed E-state index contributed by atoms with van der Waals surface area (Å²) in [6.45, 7) is 0.496. The number of hydrogen-bond donors (Lipinski definition) is 1. The number of aromatic nitrogens is 2. The van der Waals surface area contributed by atoms with Gasteiger partial charge in [-0.25, -0.2) is 4.98 Å². The first-order valence-corrected chi connectivity index (χ1v) is 5.91. The van der Waals surface area contributed by atoms with Crippen LogP contribution in [0.5, 0.6) is 0 Å². The number of benzene rings is 1. The molecule has 3 nitrogen and oxygen atoms in total. The van der Waals surface area contributed by atoms with Crippen molar-refractivity contribution in [2.75, 3.05) is 0 Å². The average molecular weight is 252 g/mol. The van der Waals surface area contributed by atoms with Crippen molar-refractivity contribution in [3.63, 3.8) is 0 Å². The Morgan fingerprint density at radius 1 is 1.31 bits per heavy atom. The molecule has 0 unspecified atom stereocenters. The highest BCUT2D eigenvalue weighted by Crippen LogP contribution is 2.32. The molecule has 0 spiro atoms. The molecule has 5 heteroatoms. The first-order valence-electron chi connectivity index (χ1n) is 4.72. The second-order valence-corrected chi connectivity index (χ2v) is 4.58. The number of hydrogen-bond acceptors (Lipinski definition) is 4. The van der Waals surface area contributed by atoms with Crippen molar-refractivity contribution in [2.24, 2.45) is 5.73 Å². The monoisotopic (exact) mass is 251 g/mol. The summed E-state index contributed by atoms with van der Waals surface area (Å²) >= 11 is 7.62. The second kappa shape index (κ2) is 5.30. The predicted molar refractivity (Wildman–Crippen MR) is 65.5 cm³/mol. The summed E-state index contributed by atoms with van der Waals surface area (Å²) in [5, 5.41) is 1.52. The lowest BCUT2D eigenvalue weighted by Crippen LogP contribution is -1.95. The topological polar surface area (TPSA) is 51.8 Å². The van der Waals surface area contributed by atoms with Crippen LogP contribution in [0.15, 0.2) is 46.7 Å². The Morgan fingerprint density at radius 3 is 2.81 bits per heavy atom. The van der Waals surface area contributed by atoms with Gasteiger partial charge >= 0.3 is 0 Å². The first-order chi connectivity index (χ1) is 7.79. The molecule has 82 valence electrons. The largest absolute Gasteiger partial charge is 0.326 e. The van der Waals surface area contributed by atoms with E-state index in [4.69, 9.17) is 17.3 Å². The maximum Gasteiger partial charge on any atom is 0.119 e. The summed E-state index contributed by atoms with van der Waals surface area (Å²) in [6, 6.07) is 5.79. The molecular weight excluding hydrogens is 242 g/mol. The van der Waals surface area contributed by atoms with Crippen molar-refractivity contribution < 1.29 is 0 Å². The Labute approximate surface area is 103 Å². The lowest BCUT2D eigenvalue weighted by molar-refractivity contribution is 1.05. The number of halogens is 1. The molecule has 0 aliphatic heterocycles. The molecule has 1 heterocycles. The summed E-state index contributed by atoms with van der Waals surface area (Å²) in [5.74, 6) is 0. The molecule has 0 aliphatic carbocycles. The van der Waals surface area contributed by atoms with E-state index < -0.39 is 0 Å². The Bertz CT molecular complexity index is 476. The molecule has 2 aromatic rings. The Morgan fingerprint density at radius 2 is 2.19 bits per heavy atom. The number of rotatable bonds is 3. The van der Waals surface area contributed by atoms with E-state index in [-0.39, 0.29) is 0 Å². The van der Waals surface area contributed by atoms with Crippen molar-refractivity contribution in [1.82, 2.24) is 9.97 Å². The van der Waals surface area contributed by atoms with E-state index in [1.165, 1.54) is 11.8 Å². The van der Waals surface area contributed by atoms with Gasteiger partial charge in [-0.05, 0) is 17.7 Å². The quantitative estimate of drug-likeness (QED) is 0.911. The van der Waals surface area contributed by atoms with Crippen LogP contribution < -0.4 is 5.73 Å². The summed E-state index contributed by atoms with van der Waals surface area (Å²) in [7, 11) is 0. The van der Waals surface area contributed by atoms with Gasteiger partial charge in [-0.1, -0.05) is 29.4 Å². The van der Waals surface area contributed by atoms with Gasteiger partial charge in [0.2, 0.25) is 0 Å². The van der Waals surface area contributed by atoms with Crippen LogP contribution in [0.2, 0.25) is 5.02 Å². The smallest absolute Gasteiger partial charge is 0.119 e. The summed E-state index contributed by atoms with van der Waals surface area (Å²) in [5.41, 5.74) is 6.56. The number of nitrogens with zero attached hydrogens (tertiary/aromatic N) is 2. The average Bonchev–Trinajstić information content (AvgIpc) is 2.33. The normalized spacial score (nSPS) is 10.4. The molecular formula is C11H10ClN3S. The minimum atomic E-state index is 0.496. The van der Waals surface area contributed by atoms with E-state index >= 15 is 0 Å². The van der Waals surface area contributed by atoms with Gasteiger partial charge in [-0.2, -0.15) is 0 Å². The van der Waals surface area contributed by atoms with Crippen molar-refractivity contribution in [2.45, 2.75) is 16.5 Å². The molecule has 0 radical (unpaired) electrons. The van der Waals surface area contributed by atoms with Gasteiger partial charge in [0, 0.05) is 23.8 Å². The molecule has 1 aromatic heterocycles. The first kappa shape index (κ1) is 11.4. The molecule has 1 aromatic carbocycles. The fraction of sp³-hybridized carbons (Fsp3) is 0.0909. The summed E-state index contributed by atoms with van der Waals surface area (Å²) < 4.78 is 0. The van der Waals surface area contributed by atoms with Crippen LogP contribution >= 0.6 is 23.4 Å². The second-order valence-electron chi connectivity index (χ2n) is 3.11. The minimum absolute atomic E-state index is 0.496. The van der Waals surface area contributed by atoms with Crippen LogP contribution in [-0.2, 0) is 6.54 Å². The molecule has 0 saturated carbocycles. The third-order valence-electron chi connectivity index (χ3n) is 1.99. The maximum absolute atomic E-state index is 6.13. The van der Waals surface area contributed by atoms with Gasteiger partial charge < -0.3 is 5.73 Å². The molecule has 0 amide bonds. The van der Waals surface area contributed by atoms with Gasteiger partial charge in [0.15, 0.2) is 0 Å². The third-order valence-corrected chi connectivity index (χ3v) is 3.41. The van der Waals surface area contributed by atoms with Crippen LogP contribution in [0.3, 0.4) is 0 Å². The molecule has 2 N–H and O–H groups in total. The van der Waals surface area contributed by atoms with E-state index in [0.717, 1.165) is 15.5 Å². The predicted octanol–water partition coefficient (Wildman–Crippen LogP) is 2.74. The van der Waals surface area contributed by atoms with Crippen LogP contribution in [0.25, 0.3) is 0 Å². The van der Waals surface area contributed by atoms with Crippen LogP contribution in [0.1, 0.15) is 5.56 Å². The molecule has 0 atom stereocenters. The Kier molecular flexibility index (Phi) is 3.77. The fourth-order valence-corrected chi connectivity index (χ4v) is 2.27. The fourth-order valence-electron chi connectivity index (χ4n) is 1.20. The van der Waals surface area contributed by atoms with Crippen LogP contribution in [0.4, 0.5) is 0 Å². The van der Waals surface area contributed by atoms with Gasteiger partial charge in [-0.3, -0.25) is 4.98 Å². The lowest BCUT2D eigenvalue weighted by atomic mass is 10.2. The standard InChI is InChI=1S/C11H10ClN3S/c12-9-5-8(6-13)1-2-10(9)16-11-7-14-3-4-15-11/h1-5,7H,6,13H2. The number of nitrogens with two attached hydrogens (primary N) is 1. The molecule has 0 bridgehead atoms. The van der Waals surface area contributed by atoms with Crippen molar-refractivity contribution in [3.05, 3.63) is 47.4 Å². The highest BCUT2D eigenvalue weighted by Gasteiger charge is 2.04. The Hall–Kier alpha value is -1.10. The van der Waals surface area contributed by atoms with Crippen LogP contribution in [0, 0.1) is 0 Å². The SMILES string of the molecule is NCc1ccc(Sc2cnccn2)c(Cl)c1. The van der Waals surface area contributed by atoms with Crippen molar-refractivity contribution in [1.29, 1.82) is 0 Å². The van der Waals surface area contributed by atoms with Gasteiger partial charge in [0.1, 0.15) is 5.03 Å². The van der Waals surface area contributed by atoms with Crippen molar-refractivity contribution in [3.8, 4) is 0 Å². The van der Waals surface area contributed by atoms with Gasteiger partial charge in [-0.15, -0.1) is 0 Å². The zero-order valence-corrected chi connectivity index (χ0v) is 10.0. The highest BCUT2D eigenvalue weighted by atomic mass is 35.5. The van der Waals surface area contributed by atoms with E-state index in [1.54, 1.807) is 18.6 Å². The molecule has 0 saturated heterocycles. The van der Waals surface area contributed by atoms with E-state index in [1.807, 2.05) is 18.2 Å². The summed E-state index contributed by atoms with van der Waals surface area (Å²) in [4.78, 5) is 9.13. The van der Waals surface area contributed by atoms with E-state index in [9.17, 15) is 0 Å². The van der Waals surface area contributed by atoms with E-state index in [2.05, 4.69) is 9.97 Å². The van der Waals surface area contributed by atoms with Crippen molar-refractivity contribution >= 4 is 23.4 Å². The molecule has 0 aliphatic rings. The Balaban J connectivity index is 2.22. The third kappa shape index (κ3) is 2.72. The van der Waals surface area contributed by atoms with Gasteiger partial charge in [0.25, 0.3) is 0 Å². The van der Waals surface area contributed by atoms with E-state index in [0.29, 0.717) is 11.6 Å². The van der Waals surface area contributed by atoms with Gasteiger partial charge in [0.05, 0.1) is 11.2 Å². The zero-order chi connectivity index (χ0) is 11.4. The highest BCUT2D eigenvalue weighted by molar-refractivity contribution is 7.99.